The predicted octanol–water partition coefficient (Wildman–Crippen LogP) is -0.261. The van der Waals surface area contributed by atoms with E-state index in [1.54, 1.807) is 30.6 Å². The van der Waals surface area contributed by atoms with Gasteiger partial charge in [-0.25, -0.2) is 0 Å². The second-order valence-electron chi connectivity index (χ2n) is 6.97. The first-order chi connectivity index (χ1) is 8.88. The van der Waals surface area contributed by atoms with Crippen LogP contribution in [0.3, 0.4) is 0 Å². The summed E-state index contributed by atoms with van der Waals surface area (Å²) in [6, 6.07) is 0. The van der Waals surface area contributed by atoms with E-state index in [9.17, 15) is 0 Å². The minimum atomic E-state index is -2.28. The van der Waals surface area contributed by atoms with Gasteiger partial charge < -0.3 is 24.8 Å². The second kappa shape index (κ2) is 6.49. The Morgan fingerprint density at radius 3 is 1.86 bits per heavy atom. The van der Waals surface area contributed by atoms with Crippen molar-refractivity contribution in [1.82, 2.24) is 0 Å². The van der Waals surface area contributed by atoms with Crippen LogP contribution in [0.5, 0.6) is 0 Å². The molecule has 0 spiro atoms. The number of allylic oxidation sites excluding steroid dienone is 8. The van der Waals surface area contributed by atoms with E-state index < -0.39 is 20.0 Å². The van der Waals surface area contributed by atoms with Crippen molar-refractivity contribution in [2.24, 2.45) is 11.8 Å². The molecule has 3 aliphatic rings. The third kappa shape index (κ3) is 2.83. The molecule has 3 rings (SSSR count). The third-order valence-electron chi connectivity index (χ3n) is 5.72. The average Bonchev–Trinajstić information content (AvgIpc) is 2.98. The van der Waals surface area contributed by atoms with E-state index in [0.717, 1.165) is 11.8 Å². The topological polar surface area (TPSA) is 0 Å². The first-order valence-corrected chi connectivity index (χ1v) is 16.4. The van der Waals surface area contributed by atoms with Gasteiger partial charge in [0.25, 0.3) is 0 Å². The van der Waals surface area contributed by atoms with Crippen LogP contribution in [0.15, 0.2) is 41.1 Å². The zero-order valence-electron chi connectivity index (χ0n) is 14.0. The summed E-state index contributed by atoms with van der Waals surface area (Å²) >= 11 is -2.28. The maximum atomic E-state index is 2.51. The van der Waals surface area contributed by atoms with Crippen LogP contribution in [-0.2, 0) is 20.0 Å². The molecule has 2 aliphatic carbocycles. The van der Waals surface area contributed by atoms with Crippen molar-refractivity contribution in [1.29, 1.82) is 0 Å². The fraction of sp³-hybridized carbons (Fsp3) is 0.556. The van der Waals surface area contributed by atoms with Gasteiger partial charge in [0.2, 0.25) is 0 Å². The molecule has 0 saturated carbocycles. The van der Waals surface area contributed by atoms with E-state index in [2.05, 4.69) is 53.7 Å². The minimum absolute atomic E-state index is 0. The van der Waals surface area contributed by atoms with Gasteiger partial charge in [0.1, 0.15) is 0 Å². The van der Waals surface area contributed by atoms with E-state index in [4.69, 9.17) is 0 Å². The number of hydrogen-bond donors (Lipinski definition) is 0. The largest absolute Gasteiger partial charge is 1.00 e. The molecule has 0 N–H and O–H groups in total. The van der Waals surface area contributed by atoms with Crippen LogP contribution in [0.2, 0.25) is 8.35 Å². The van der Waals surface area contributed by atoms with Crippen LogP contribution in [0.1, 0.15) is 41.5 Å². The Kier molecular flexibility index (Phi) is 6.02. The molecule has 3 heteroatoms. The van der Waals surface area contributed by atoms with Crippen molar-refractivity contribution in [3.8, 4) is 0 Å². The molecule has 0 aromatic carbocycles. The van der Waals surface area contributed by atoms with Gasteiger partial charge in [-0.3, -0.25) is 0 Å². The van der Waals surface area contributed by atoms with Crippen molar-refractivity contribution < 1.29 is 44.8 Å². The SMILES string of the molecule is CC1=CC(C)[C]([Hf+2]2([C]3=C(C)C=C(C)C3C)[CH2][CH2]2)=C1C.[Cl-].[Cl-]. The van der Waals surface area contributed by atoms with Crippen LogP contribution < -0.4 is 24.8 Å². The summed E-state index contributed by atoms with van der Waals surface area (Å²) in [4.78, 5) is 0. The Morgan fingerprint density at radius 1 is 0.952 bits per heavy atom. The first-order valence-electron chi connectivity index (χ1n) is 7.68. The van der Waals surface area contributed by atoms with Gasteiger partial charge in [0.15, 0.2) is 0 Å². The Hall–Kier alpha value is 0.410. The Balaban J connectivity index is 0.00000110. The normalized spacial score (nSPS) is 28.3. The van der Waals surface area contributed by atoms with Gasteiger partial charge in [-0.2, -0.15) is 0 Å². The van der Waals surface area contributed by atoms with E-state index in [1.165, 1.54) is 0 Å². The smallest absolute Gasteiger partial charge is 1.00 e. The zero-order chi connectivity index (χ0) is 13.9. The molecule has 2 atom stereocenters. The van der Waals surface area contributed by atoms with Crippen molar-refractivity contribution in [2.45, 2.75) is 49.9 Å². The van der Waals surface area contributed by atoms with Gasteiger partial charge >= 0.3 is 123 Å². The maximum absolute atomic E-state index is 2.51. The van der Waals surface area contributed by atoms with Crippen molar-refractivity contribution in [3.05, 3.63) is 41.1 Å². The Labute approximate surface area is 147 Å². The Morgan fingerprint density at radius 2 is 1.52 bits per heavy atom. The zero-order valence-corrected chi connectivity index (χ0v) is 19.1. The molecule has 116 valence electrons. The van der Waals surface area contributed by atoms with Gasteiger partial charge in [-0.1, -0.05) is 0 Å². The molecule has 1 heterocycles. The molecular weight excluding hydrogens is 466 g/mol. The standard InChI is InChI=1S/2C8H11.C2H4.2ClH.Hf/c2*1-6-4-7(2)8(3)5-6;1-2;;;/h4,8H,1-3H3;4,6H,1-3H3;1-2H2;2*1H;/q;;;;;+2/p-2. The van der Waals surface area contributed by atoms with Crippen LogP contribution in [0, 0.1) is 11.8 Å². The molecule has 0 amide bonds. The van der Waals surface area contributed by atoms with E-state index in [0.29, 0.717) is 0 Å². The number of hydrogen-bond acceptors (Lipinski definition) is 0. The molecule has 0 radical (unpaired) electrons. The number of halogens is 2. The van der Waals surface area contributed by atoms with Gasteiger partial charge in [0.05, 0.1) is 0 Å². The molecular formula is C18H26Cl2Hf. The first kappa shape index (κ1) is 19.5. The fourth-order valence-electron chi connectivity index (χ4n) is 4.65. The molecule has 0 aromatic rings. The van der Waals surface area contributed by atoms with Crippen LogP contribution in [0.4, 0.5) is 0 Å². The minimum Gasteiger partial charge on any atom is -1.00 e. The Bertz CT molecular complexity index is 574. The van der Waals surface area contributed by atoms with Crippen LogP contribution in [0.25, 0.3) is 0 Å². The molecule has 2 unspecified atom stereocenters. The van der Waals surface area contributed by atoms with Crippen molar-refractivity contribution in [2.75, 3.05) is 0 Å². The number of rotatable bonds is 2. The molecule has 1 saturated heterocycles. The molecule has 1 fully saturated rings. The molecule has 0 aromatic heterocycles. The predicted molar refractivity (Wildman–Crippen MR) is 80.9 cm³/mol. The monoisotopic (exact) mass is 492 g/mol. The van der Waals surface area contributed by atoms with E-state index in [1.807, 2.05) is 6.66 Å². The van der Waals surface area contributed by atoms with Gasteiger partial charge in [-0.05, 0) is 0 Å². The van der Waals surface area contributed by atoms with Crippen molar-refractivity contribution >= 4 is 0 Å². The van der Waals surface area contributed by atoms with Gasteiger partial charge in [-0.15, -0.1) is 0 Å². The third-order valence-corrected chi connectivity index (χ3v) is 24.5. The summed E-state index contributed by atoms with van der Waals surface area (Å²) in [6.07, 6.45) is 4.98. The average molecular weight is 492 g/mol. The summed E-state index contributed by atoms with van der Waals surface area (Å²) in [5.41, 5.74) is 6.47. The van der Waals surface area contributed by atoms with E-state index >= 15 is 0 Å². The molecule has 1 aliphatic heterocycles. The van der Waals surface area contributed by atoms with Crippen molar-refractivity contribution in [3.63, 3.8) is 0 Å². The summed E-state index contributed by atoms with van der Waals surface area (Å²) in [5.74, 6) is 1.48. The van der Waals surface area contributed by atoms with Crippen LogP contribution in [-0.4, -0.2) is 0 Å². The quantitative estimate of drug-likeness (QED) is 0.467. The summed E-state index contributed by atoms with van der Waals surface area (Å²) < 4.78 is 7.08. The summed E-state index contributed by atoms with van der Waals surface area (Å²) in [6.45, 7) is 14.3. The fourth-order valence-corrected chi connectivity index (χ4v) is 31.3. The van der Waals surface area contributed by atoms with E-state index in [-0.39, 0.29) is 24.8 Å². The summed E-state index contributed by atoms with van der Waals surface area (Å²) in [7, 11) is 0. The van der Waals surface area contributed by atoms with Crippen LogP contribution >= 0.6 is 0 Å². The maximum Gasteiger partial charge on any atom is -1.00 e. The molecule has 21 heavy (non-hydrogen) atoms. The molecule has 0 bridgehead atoms. The van der Waals surface area contributed by atoms with Gasteiger partial charge in [0, 0.05) is 0 Å². The second-order valence-corrected chi connectivity index (χ2v) is 22.2. The molecule has 0 nitrogen and oxygen atoms in total. The summed E-state index contributed by atoms with van der Waals surface area (Å²) in [5, 5.41) is 0.